The summed E-state index contributed by atoms with van der Waals surface area (Å²) < 4.78 is 38.2. The lowest BCUT2D eigenvalue weighted by Gasteiger charge is -2.29. The lowest BCUT2D eigenvalue weighted by atomic mass is 10.2. The van der Waals surface area contributed by atoms with Crippen molar-refractivity contribution in [2.45, 2.75) is 24.3 Å². The number of fused-ring (bicyclic) bond motifs is 1. The second-order valence-corrected chi connectivity index (χ2v) is 7.83. The van der Waals surface area contributed by atoms with Gasteiger partial charge in [-0.15, -0.1) is 0 Å². The zero-order valence-corrected chi connectivity index (χ0v) is 14.6. The van der Waals surface area contributed by atoms with Gasteiger partial charge in [0.15, 0.2) is 11.5 Å². The van der Waals surface area contributed by atoms with Crippen LogP contribution in [-0.2, 0) is 16.4 Å². The van der Waals surface area contributed by atoms with E-state index in [1.54, 1.807) is 19.2 Å². The number of hydrogen-bond acceptors (Lipinski definition) is 4. The van der Waals surface area contributed by atoms with Crippen LogP contribution in [0.3, 0.4) is 0 Å². The fourth-order valence-corrected chi connectivity index (χ4v) is 3.82. The molecule has 0 aliphatic carbocycles. The molecule has 1 aliphatic heterocycles. The molecule has 6 heteroatoms. The third-order valence-electron chi connectivity index (χ3n) is 4.07. The largest absolute Gasteiger partial charge is 0.486 e. The first-order chi connectivity index (χ1) is 11.5. The SMILES string of the molecule is CCc1ccc(S(=O)(=O)N(C)CC2COc3ccccc3O2)cc1. The van der Waals surface area contributed by atoms with E-state index < -0.39 is 10.0 Å². The normalized spacial score (nSPS) is 17.0. The number of hydrogen-bond donors (Lipinski definition) is 0. The van der Waals surface area contributed by atoms with Crippen LogP contribution in [0.15, 0.2) is 53.4 Å². The van der Waals surface area contributed by atoms with Crippen LogP contribution >= 0.6 is 0 Å². The van der Waals surface area contributed by atoms with Gasteiger partial charge in [0.2, 0.25) is 10.0 Å². The Bertz CT molecular complexity index is 802. The number of rotatable bonds is 5. The van der Waals surface area contributed by atoms with Crippen LogP contribution in [0, 0.1) is 0 Å². The van der Waals surface area contributed by atoms with E-state index in [4.69, 9.17) is 9.47 Å². The maximum atomic E-state index is 12.7. The van der Waals surface area contributed by atoms with E-state index in [1.165, 1.54) is 4.31 Å². The number of likely N-dealkylation sites (N-methyl/N-ethyl adjacent to an activating group) is 1. The highest BCUT2D eigenvalue weighted by molar-refractivity contribution is 7.89. The molecular formula is C18H21NO4S. The van der Waals surface area contributed by atoms with Gasteiger partial charge in [-0.05, 0) is 36.2 Å². The minimum absolute atomic E-state index is 0.228. The summed E-state index contributed by atoms with van der Waals surface area (Å²) in [7, 11) is -1.98. The predicted molar refractivity (Wildman–Crippen MR) is 92.0 cm³/mol. The highest BCUT2D eigenvalue weighted by Crippen LogP contribution is 2.31. The molecule has 0 N–H and O–H groups in total. The van der Waals surface area contributed by atoms with Gasteiger partial charge in [0.05, 0.1) is 11.4 Å². The van der Waals surface area contributed by atoms with E-state index in [9.17, 15) is 8.42 Å². The van der Waals surface area contributed by atoms with Crippen molar-refractivity contribution in [3.8, 4) is 11.5 Å². The average molecular weight is 347 g/mol. The van der Waals surface area contributed by atoms with Crippen molar-refractivity contribution < 1.29 is 17.9 Å². The van der Waals surface area contributed by atoms with Crippen LogP contribution in [0.1, 0.15) is 12.5 Å². The quantitative estimate of drug-likeness (QED) is 0.834. The number of benzene rings is 2. The molecule has 128 valence electrons. The van der Waals surface area contributed by atoms with Crippen LogP contribution in [0.2, 0.25) is 0 Å². The minimum atomic E-state index is -3.54. The second kappa shape index (κ2) is 6.83. The van der Waals surface area contributed by atoms with Crippen molar-refractivity contribution in [2.75, 3.05) is 20.2 Å². The van der Waals surface area contributed by atoms with Crippen molar-refractivity contribution in [1.29, 1.82) is 0 Å². The molecule has 0 saturated carbocycles. The first-order valence-electron chi connectivity index (χ1n) is 7.94. The van der Waals surface area contributed by atoms with Gasteiger partial charge >= 0.3 is 0 Å². The summed E-state index contributed by atoms with van der Waals surface area (Å²) >= 11 is 0. The lowest BCUT2D eigenvalue weighted by Crippen LogP contribution is -2.41. The van der Waals surface area contributed by atoms with Crippen LogP contribution in [0.4, 0.5) is 0 Å². The van der Waals surface area contributed by atoms with Gasteiger partial charge in [-0.25, -0.2) is 8.42 Å². The number of ether oxygens (including phenoxy) is 2. The fraction of sp³-hybridized carbons (Fsp3) is 0.333. The lowest BCUT2D eigenvalue weighted by molar-refractivity contribution is 0.0798. The summed E-state index contributed by atoms with van der Waals surface area (Å²) in [4.78, 5) is 0.291. The van der Waals surface area contributed by atoms with Crippen molar-refractivity contribution >= 4 is 10.0 Å². The standard InChI is InChI=1S/C18H21NO4S/c1-3-14-8-10-16(11-9-14)24(20,21)19(2)12-15-13-22-17-6-4-5-7-18(17)23-15/h4-11,15H,3,12-13H2,1-2H3. The molecule has 0 radical (unpaired) electrons. The van der Waals surface area contributed by atoms with Crippen LogP contribution in [0.25, 0.3) is 0 Å². The van der Waals surface area contributed by atoms with E-state index >= 15 is 0 Å². The minimum Gasteiger partial charge on any atom is -0.486 e. The highest BCUT2D eigenvalue weighted by atomic mass is 32.2. The molecule has 2 aromatic carbocycles. The zero-order chi connectivity index (χ0) is 17.2. The Morgan fingerprint density at radius 3 is 2.42 bits per heavy atom. The average Bonchev–Trinajstić information content (AvgIpc) is 2.61. The molecule has 0 aromatic heterocycles. The van der Waals surface area contributed by atoms with Crippen molar-refractivity contribution in [1.82, 2.24) is 4.31 Å². The van der Waals surface area contributed by atoms with E-state index in [-0.39, 0.29) is 12.6 Å². The first kappa shape index (κ1) is 16.8. The molecule has 1 atom stereocenters. The van der Waals surface area contributed by atoms with Gasteiger partial charge < -0.3 is 9.47 Å². The summed E-state index contributed by atoms with van der Waals surface area (Å²) in [6.07, 6.45) is 0.539. The molecule has 0 spiro atoms. The molecular weight excluding hydrogens is 326 g/mol. The molecule has 0 saturated heterocycles. The summed E-state index contributed by atoms with van der Waals surface area (Å²) in [5.41, 5.74) is 1.11. The molecule has 0 amide bonds. The number of nitrogens with zero attached hydrogens (tertiary/aromatic N) is 1. The van der Waals surface area contributed by atoms with Gasteiger partial charge in [-0.3, -0.25) is 0 Å². The Hall–Kier alpha value is -2.05. The topological polar surface area (TPSA) is 55.8 Å². The molecule has 1 heterocycles. The molecule has 0 bridgehead atoms. The van der Waals surface area contributed by atoms with Gasteiger partial charge in [0.25, 0.3) is 0 Å². The van der Waals surface area contributed by atoms with Crippen LogP contribution < -0.4 is 9.47 Å². The zero-order valence-electron chi connectivity index (χ0n) is 13.8. The molecule has 24 heavy (non-hydrogen) atoms. The molecule has 5 nitrogen and oxygen atoms in total. The Labute approximate surface area is 142 Å². The number of aryl methyl sites for hydroxylation is 1. The van der Waals surface area contributed by atoms with E-state index in [0.29, 0.717) is 23.0 Å². The summed E-state index contributed by atoms with van der Waals surface area (Å²) in [5, 5.41) is 0. The summed E-state index contributed by atoms with van der Waals surface area (Å²) in [5.74, 6) is 1.33. The predicted octanol–water partition coefficient (Wildman–Crippen LogP) is 2.71. The Morgan fingerprint density at radius 2 is 1.75 bits per heavy atom. The first-order valence-corrected chi connectivity index (χ1v) is 9.38. The molecule has 0 fully saturated rings. The van der Waals surface area contributed by atoms with Crippen LogP contribution in [-0.4, -0.2) is 39.0 Å². The number of sulfonamides is 1. The Balaban J connectivity index is 1.71. The maximum absolute atomic E-state index is 12.7. The second-order valence-electron chi connectivity index (χ2n) is 5.78. The van der Waals surface area contributed by atoms with E-state index in [1.807, 2.05) is 43.3 Å². The van der Waals surface area contributed by atoms with Gasteiger partial charge in [0.1, 0.15) is 12.7 Å². The Kier molecular flexibility index (Phi) is 4.78. The maximum Gasteiger partial charge on any atom is 0.242 e. The van der Waals surface area contributed by atoms with Crippen molar-refractivity contribution in [2.24, 2.45) is 0 Å². The monoisotopic (exact) mass is 347 g/mol. The molecule has 3 rings (SSSR count). The Morgan fingerprint density at radius 1 is 1.08 bits per heavy atom. The highest BCUT2D eigenvalue weighted by Gasteiger charge is 2.27. The smallest absolute Gasteiger partial charge is 0.242 e. The van der Waals surface area contributed by atoms with Gasteiger partial charge in [-0.1, -0.05) is 31.2 Å². The third kappa shape index (κ3) is 3.39. The van der Waals surface area contributed by atoms with Gasteiger partial charge in [0, 0.05) is 7.05 Å². The van der Waals surface area contributed by atoms with Crippen LogP contribution in [0.5, 0.6) is 11.5 Å². The molecule has 1 aliphatic rings. The van der Waals surface area contributed by atoms with E-state index in [2.05, 4.69) is 0 Å². The number of para-hydroxylation sites is 2. The van der Waals surface area contributed by atoms with Gasteiger partial charge in [-0.2, -0.15) is 4.31 Å². The summed E-state index contributed by atoms with van der Waals surface area (Å²) in [6.45, 7) is 2.59. The summed E-state index contributed by atoms with van der Waals surface area (Å²) in [6, 6.07) is 14.4. The fourth-order valence-electron chi connectivity index (χ4n) is 2.62. The molecule has 2 aromatic rings. The van der Waals surface area contributed by atoms with E-state index in [0.717, 1.165) is 12.0 Å². The van der Waals surface area contributed by atoms with Crippen molar-refractivity contribution in [3.63, 3.8) is 0 Å². The molecule has 1 unspecified atom stereocenters. The third-order valence-corrected chi connectivity index (χ3v) is 5.91. The van der Waals surface area contributed by atoms with Crippen molar-refractivity contribution in [3.05, 3.63) is 54.1 Å².